The van der Waals surface area contributed by atoms with E-state index in [4.69, 9.17) is 0 Å². The first-order valence-electron chi connectivity index (χ1n) is 9.87. The van der Waals surface area contributed by atoms with Crippen LogP contribution < -0.4 is 5.32 Å². The number of halogens is 2. The average molecular weight is 443 g/mol. The molecule has 1 unspecified atom stereocenters. The summed E-state index contributed by atoms with van der Waals surface area (Å²) < 4.78 is 29.2. The number of carbonyl (C=O) groups is 1. The normalized spacial score (nSPS) is 12.0. The number of nitrogens with one attached hydrogen (secondary N) is 1. The topological polar surface area (TPSA) is 59.8 Å². The van der Waals surface area contributed by atoms with Crippen molar-refractivity contribution in [2.75, 3.05) is 5.75 Å². The van der Waals surface area contributed by atoms with E-state index in [1.807, 2.05) is 13.8 Å². The second kappa shape index (κ2) is 10.3. The van der Waals surface area contributed by atoms with Crippen LogP contribution in [0.4, 0.5) is 8.78 Å². The van der Waals surface area contributed by atoms with Gasteiger partial charge in [-0.3, -0.25) is 9.36 Å². The second-order valence-electron chi connectivity index (χ2n) is 7.31. The Hall–Kier alpha value is -3.00. The molecule has 0 spiro atoms. The minimum absolute atomic E-state index is 0.108. The standard InChI is InChI=1S/C23H24F2N4OS/c1-4-13-29-22(18-7-5-6-8-19(18)25)27-28-23(29)31-14-20(30)26-21(15(2)3)16-9-11-17(24)12-10-16/h4-12,15,21H,1,13-14H2,2-3H3,(H,26,30). The van der Waals surface area contributed by atoms with Crippen molar-refractivity contribution < 1.29 is 13.6 Å². The quantitative estimate of drug-likeness (QED) is 0.374. The van der Waals surface area contributed by atoms with Gasteiger partial charge in [0.25, 0.3) is 0 Å². The van der Waals surface area contributed by atoms with Crippen LogP contribution >= 0.6 is 11.8 Å². The molecule has 3 aromatic rings. The molecular weight excluding hydrogens is 418 g/mol. The van der Waals surface area contributed by atoms with Gasteiger partial charge in [-0.2, -0.15) is 0 Å². The molecule has 0 radical (unpaired) electrons. The second-order valence-corrected chi connectivity index (χ2v) is 8.26. The molecule has 8 heteroatoms. The molecule has 0 aliphatic heterocycles. The average Bonchev–Trinajstić information content (AvgIpc) is 3.14. The highest BCUT2D eigenvalue weighted by molar-refractivity contribution is 7.99. The molecular formula is C23H24F2N4OS. The van der Waals surface area contributed by atoms with Gasteiger partial charge in [-0.05, 0) is 35.7 Å². The number of rotatable bonds is 9. The number of amides is 1. The molecule has 2 aromatic carbocycles. The maximum Gasteiger partial charge on any atom is 0.230 e. The van der Waals surface area contributed by atoms with E-state index in [1.54, 1.807) is 41.0 Å². The minimum Gasteiger partial charge on any atom is -0.348 e. The summed E-state index contributed by atoms with van der Waals surface area (Å²) in [6.45, 7) is 8.10. The molecule has 0 bridgehead atoms. The molecule has 1 aromatic heterocycles. The molecule has 3 rings (SSSR count). The predicted molar refractivity (Wildman–Crippen MR) is 118 cm³/mol. The lowest BCUT2D eigenvalue weighted by Crippen LogP contribution is -2.33. The van der Waals surface area contributed by atoms with Crippen LogP contribution in [0.2, 0.25) is 0 Å². The minimum atomic E-state index is -0.395. The Morgan fingerprint density at radius 1 is 1.16 bits per heavy atom. The van der Waals surface area contributed by atoms with E-state index in [2.05, 4.69) is 22.1 Å². The fourth-order valence-electron chi connectivity index (χ4n) is 3.18. The van der Waals surface area contributed by atoms with Gasteiger partial charge < -0.3 is 5.32 Å². The molecule has 0 aliphatic carbocycles. The van der Waals surface area contributed by atoms with Crippen LogP contribution in [0.5, 0.6) is 0 Å². The van der Waals surface area contributed by atoms with Crippen LogP contribution in [-0.2, 0) is 11.3 Å². The SMILES string of the molecule is C=CCn1c(SCC(=O)NC(c2ccc(F)cc2)C(C)C)nnc1-c1ccccc1F. The Balaban J connectivity index is 1.73. The van der Waals surface area contributed by atoms with Gasteiger partial charge in [-0.25, -0.2) is 8.78 Å². The number of carbonyl (C=O) groups excluding carboxylic acids is 1. The van der Waals surface area contributed by atoms with Crippen molar-refractivity contribution >= 4 is 17.7 Å². The largest absolute Gasteiger partial charge is 0.348 e. The lowest BCUT2D eigenvalue weighted by atomic mass is 9.96. The number of thioether (sulfide) groups is 1. The molecule has 162 valence electrons. The molecule has 1 amide bonds. The van der Waals surface area contributed by atoms with Crippen LogP contribution in [-0.4, -0.2) is 26.4 Å². The first-order chi connectivity index (χ1) is 14.9. The van der Waals surface area contributed by atoms with Crippen LogP contribution in [0.25, 0.3) is 11.4 Å². The number of nitrogens with zero attached hydrogens (tertiary/aromatic N) is 3. The Morgan fingerprint density at radius 2 is 1.87 bits per heavy atom. The van der Waals surface area contributed by atoms with Gasteiger partial charge in [0.05, 0.1) is 17.4 Å². The van der Waals surface area contributed by atoms with Crippen molar-refractivity contribution in [3.05, 3.63) is 78.4 Å². The summed E-state index contributed by atoms with van der Waals surface area (Å²) in [5, 5.41) is 11.8. The van der Waals surface area contributed by atoms with Gasteiger partial charge in [0.1, 0.15) is 11.6 Å². The molecule has 1 N–H and O–H groups in total. The molecule has 31 heavy (non-hydrogen) atoms. The van der Waals surface area contributed by atoms with Gasteiger partial charge in [0, 0.05) is 6.54 Å². The maximum atomic E-state index is 14.2. The summed E-state index contributed by atoms with van der Waals surface area (Å²) in [5.41, 5.74) is 1.18. The highest BCUT2D eigenvalue weighted by Gasteiger charge is 2.21. The summed E-state index contributed by atoms with van der Waals surface area (Å²) >= 11 is 1.21. The van der Waals surface area contributed by atoms with Crippen LogP contribution in [0.1, 0.15) is 25.5 Å². The lowest BCUT2D eigenvalue weighted by Gasteiger charge is -2.23. The first kappa shape index (κ1) is 22.7. The first-order valence-corrected chi connectivity index (χ1v) is 10.9. The van der Waals surface area contributed by atoms with E-state index < -0.39 is 5.82 Å². The van der Waals surface area contributed by atoms with Gasteiger partial charge in [-0.15, -0.1) is 16.8 Å². The Bertz CT molecular complexity index is 1050. The lowest BCUT2D eigenvalue weighted by molar-refractivity contribution is -0.119. The van der Waals surface area contributed by atoms with E-state index in [0.29, 0.717) is 23.1 Å². The number of hydrogen-bond donors (Lipinski definition) is 1. The summed E-state index contributed by atoms with van der Waals surface area (Å²) in [6.07, 6.45) is 1.67. The monoisotopic (exact) mass is 442 g/mol. The van der Waals surface area contributed by atoms with Gasteiger partial charge >= 0.3 is 0 Å². The van der Waals surface area contributed by atoms with Gasteiger partial charge in [0.15, 0.2) is 11.0 Å². The van der Waals surface area contributed by atoms with Gasteiger partial charge in [-0.1, -0.05) is 56.0 Å². The van der Waals surface area contributed by atoms with Crippen molar-refractivity contribution in [2.45, 2.75) is 31.6 Å². The number of aromatic nitrogens is 3. The highest BCUT2D eigenvalue weighted by Crippen LogP contribution is 2.27. The molecule has 0 fully saturated rings. The van der Waals surface area contributed by atoms with E-state index in [-0.39, 0.29) is 29.4 Å². The highest BCUT2D eigenvalue weighted by atomic mass is 32.2. The fourth-order valence-corrected chi connectivity index (χ4v) is 3.94. The zero-order valence-electron chi connectivity index (χ0n) is 17.4. The van der Waals surface area contributed by atoms with Gasteiger partial charge in [0.2, 0.25) is 5.91 Å². The van der Waals surface area contributed by atoms with E-state index >= 15 is 0 Å². The van der Waals surface area contributed by atoms with Crippen LogP contribution in [0.3, 0.4) is 0 Å². The summed E-state index contributed by atoms with van der Waals surface area (Å²) in [7, 11) is 0. The third-order valence-corrected chi connectivity index (χ3v) is 5.65. The van der Waals surface area contributed by atoms with Crippen molar-refractivity contribution in [3.8, 4) is 11.4 Å². The molecule has 0 aliphatic rings. The third kappa shape index (κ3) is 5.58. The predicted octanol–water partition coefficient (Wildman–Crippen LogP) is 5.01. The molecule has 1 atom stereocenters. The summed E-state index contributed by atoms with van der Waals surface area (Å²) in [5.74, 6) is -0.289. The zero-order chi connectivity index (χ0) is 22.4. The summed E-state index contributed by atoms with van der Waals surface area (Å²) in [6, 6.07) is 12.2. The van der Waals surface area contributed by atoms with E-state index in [1.165, 1.54) is 30.0 Å². The molecule has 0 saturated heterocycles. The molecule has 1 heterocycles. The number of benzene rings is 2. The number of hydrogen-bond acceptors (Lipinski definition) is 4. The Kier molecular flexibility index (Phi) is 7.57. The van der Waals surface area contributed by atoms with Crippen LogP contribution in [0.15, 0.2) is 66.3 Å². The van der Waals surface area contributed by atoms with Crippen molar-refractivity contribution in [3.63, 3.8) is 0 Å². The third-order valence-electron chi connectivity index (χ3n) is 4.69. The maximum absolute atomic E-state index is 14.2. The molecule has 5 nitrogen and oxygen atoms in total. The van der Waals surface area contributed by atoms with Crippen molar-refractivity contribution in [1.29, 1.82) is 0 Å². The Labute approximate surface area is 184 Å². The van der Waals surface area contributed by atoms with Crippen molar-refractivity contribution in [1.82, 2.24) is 20.1 Å². The van der Waals surface area contributed by atoms with Crippen molar-refractivity contribution in [2.24, 2.45) is 5.92 Å². The van der Waals surface area contributed by atoms with E-state index in [0.717, 1.165) is 5.56 Å². The Morgan fingerprint density at radius 3 is 2.52 bits per heavy atom. The number of allylic oxidation sites excluding steroid dienone is 1. The molecule has 0 saturated carbocycles. The fraction of sp³-hybridized carbons (Fsp3) is 0.261. The summed E-state index contributed by atoms with van der Waals surface area (Å²) in [4.78, 5) is 12.6. The zero-order valence-corrected chi connectivity index (χ0v) is 18.2. The van der Waals surface area contributed by atoms with E-state index in [9.17, 15) is 13.6 Å². The smallest absolute Gasteiger partial charge is 0.230 e. The van der Waals surface area contributed by atoms with Crippen LogP contribution in [0, 0.1) is 17.6 Å².